The van der Waals surface area contributed by atoms with Gasteiger partial charge in [0, 0.05) is 11.8 Å². The molecule has 0 saturated carbocycles. The predicted octanol–water partition coefficient (Wildman–Crippen LogP) is 1.24. The van der Waals surface area contributed by atoms with Crippen LogP contribution in [0.15, 0.2) is 41.4 Å². The topological polar surface area (TPSA) is 98.0 Å². The Morgan fingerprint density at radius 2 is 2.14 bits per heavy atom. The van der Waals surface area contributed by atoms with Gasteiger partial charge in [0.25, 0.3) is 10.0 Å². The molecular formula is C13H11ClN4O2S. The van der Waals surface area contributed by atoms with Gasteiger partial charge in [-0.25, -0.2) is 8.42 Å². The van der Waals surface area contributed by atoms with E-state index in [9.17, 15) is 8.42 Å². The van der Waals surface area contributed by atoms with Gasteiger partial charge in [0.2, 0.25) is 0 Å². The lowest BCUT2D eigenvalue weighted by molar-refractivity contribution is 0.601. The second-order valence-electron chi connectivity index (χ2n) is 3.87. The maximum Gasteiger partial charge on any atom is 0.264 e. The van der Waals surface area contributed by atoms with Gasteiger partial charge >= 0.3 is 0 Å². The van der Waals surface area contributed by atoms with Crippen LogP contribution < -0.4 is 10.5 Å². The van der Waals surface area contributed by atoms with E-state index in [2.05, 4.69) is 26.8 Å². The summed E-state index contributed by atoms with van der Waals surface area (Å²) in [5, 5.41) is 7.32. The van der Waals surface area contributed by atoms with E-state index in [1.165, 1.54) is 24.4 Å². The number of hydrogen-bond acceptors (Lipinski definition) is 5. The van der Waals surface area contributed by atoms with Crippen molar-refractivity contribution < 1.29 is 8.42 Å². The van der Waals surface area contributed by atoms with Crippen molar-refractivity contribution in [2.75, 3.05) is 11.3 Å². The SMILES string of the molecule is NCC#Cc1ccc(S(=O)(=O)Nc2cccnn2)c(Cl)c1. The molecule has 1 aromatic carbocycles. The molecule has 0 atom stereocenters. The molecule has 0 saturated heterocycles. The maximum atomic E-state index is 12.2. The molecule has 0 aliphatic heterocycles. The average Bonchev–Trinajstić information content (AvgIpc) is 2.45. The van der Waals surface area contributed by atoms with Crippen LogP contribution in [0.1, 0.15) is 5.56 Å². The molecule has 1 heterocycles. The minimum Gasteiger partial charge on any atom is -0.320 e. The van der Waals surface area contributed by atoms with Crippen molar-refractivity contribution in [3.63, 3.8) is 0 Å². The minimum absolute atomic E-state index is 0.0619. The van der Waals surface area contributed by atoms with Crippen LogP contribution in [0.4, 0.5) is 5.82 Å². The lowest BCUT2D eigenvalue weighted by Gasteiger charge is -2.08. The molecule has 0 aliphatic carbocycles. The molecule has 0 amide bonds. The molecule has 0 spiro atoms. The number of sulfonamides is 1. The number of aromatic nitrogens is 2. The number of halogens is 1. The molecule has 0 bridgehead atoms. The number of nitrogens with zero attached hydrogens (tertiary/aromatic N) is 2. The molecule has 0 fully saturated rings. The lowest BCUT2D eigenvalue weighted by Crippen LogP contribution is -2.14. The Kier molecular flexibility index (Phi) is 4.75. The monoisotopic (exact) mass is 322 g/mol. The van der Waals surface area contributed by atoms with Crippen LogP contribution in [-0.2, 0) is 10.0 Å². The maximum absolute atomic E-state index is 12.2. The molecule has 108 valence electrons. The van der Waals surface area contributed by atoms with Crippen LogP contribution in [0.3, 0.4) is 0 Å². The quantitative estimate of drug-likeness (QED) is 0.828. The van der Waals surface area contributed by atoms with E-state index in [0.717, 1.165) is 0 Å². The predicted molar refractivity (Wildman–Crippen MR) is 80.2 cm³/mol. The highest BCUT2D eigenvalue weighted by Crippen LogP contribution is 2.24. The van der Waals surface area contributed by atoms with Gasteiger partial charge in [0.05, 0.1) is 11.6 Å². The lowest BCUT2D eigenvalue weighted by atomic mass is 10.2. The summed E-state index contributed by atoms with van der Waals surface area (Å²) >= 11 is 6.00. The summed E-state index contributed by atoms with van der Waals surface area (Å²) in [7, 11) is -3.84. The molecule has 0 radical (unpaired) electrons. The van der Waals surface area contributed by atoms with Crippen molar-refractivity contribution in [1.29, 1.82) is 0 Å². The third-order valence-electron chi connectivity index (χ3n) is 2.37. The van der Waals surface area contributed by atoms with Crippen molar-refractivity contribution in [2.24, 2.45) is 5.73 Å². The normalized spacial score (nSPS) is 10.6. The standard InChI is InChI=1S/C13H11ClN4O2S/c14-11-9-10(3-1-7-15)5-6-12(11)21(19,20)18-13-4-2-8-16-17-13/h2,4-6,8-9H,7,15H2,(H,17,18). The number of hydrogen-bond donors (Lipinski definition) is 2. The van der Waals surface area contributed by atoms with E-state index in [1.807, 2.05) is 0 Å². The number of nitrogens with one attached hydrogen (secondary N) is 1. The molecular weight excluding hydrogens is 312 g/mol. The van der Waals surface area contributed by atoms with E-state index < -0.39 is 10.0 Å². The first-order valence-corrected chi connectivity index (χ1v) is 7.68. The van der Waals surface area contributed by atoms with Crippen LogP contribution in [-0.4, -0.2) is 25.2 Å². The van der Waals surface area contributed by atoms with Gasteiger partial charge in [0.15, 0.2) is 5.82 Å². The molecule has 8 heteroatoms. The first-order valence-electron chi connectivity index (χ1n) is 5.82. The number of anilines is 1. The summed E-state index contributed by atoms with van der Waals surface area (Å²) in [6, 6.07) is 7.45. The zero-order chi connectivity index (χ0) is 15.3. The van der Waals surface area contributed by atoms with E-state index in [0.29, 0.717) is 5.56 Å². The van der Waals surface area contributed by atoms with Gasteiger partial charge < -0.3 is 5.73 Å². The number of nitrogens with two attached hydrogens (primary N) is 1. The van der Waals surface area contributed by atoms with E-state index >= 15 is 0 Å². The zero-order valence-electron chi connectivity index (χ0n) is 10.7. The van der Waals surface area contributed by atoms with Gasteiger partial charge in [-0.1, -0.05) is 23.4 Å². The van der Waals surface area contributed by atoms with Crippen molar-refractivity contribution in [3.8, 4) is 11.8 Å². The first-order chi connectivity index (χ1) is 10.0. The van der Waals surface area contributed by atoms with E-state index in [-0.39, 0.29) is 22.3 Å². The van der Waals surface area contributed by atoms with Gasteiger partial charge in [-0.15, -0.1) is 5.10 Å². The van der Waals surface area contributed by atoms with Crippen molar-refractivity contribution in [2.45, 2.75) is 4.90 Å². The molecule has 1 aromatic heterocycles. The highest BCUT2D eigenvalue weighted by Gasteiger charge is 2.18. The Bertz CT molecular complexity index is 798. The number of benzene rings is 1. The Hall–Kier alpha value is -2.14. The minimum atomic E-state index is -3.84. The summed E-state index contributed by atoms with van der Waals surface area (Å²) in [5.74, 6) is 5.55. The summed E-state index contributed by atoms with van der Waals surface area (Å²) in [6.07, 6.45) is 1.44. The second kappa shape index (κ2) is 6.54. The fourth-order valence-electron chi connectivity index (χ4n) is 1.50. The van der Waals surface area contributed by atoms with E-state index in [4.69, 9.17) is 17.3 Å². The number of rotatable bonds is 3. The van der Waals surface area contributed by atoms with Crippen LogP contribution in [0, 0.1) is 11.8 Å². The smallest absolute Gasteiger partial charge is 0.264 e. The molecule has 2 rings (SSSR count). The second-order valence-corrected chi connectivity index (χ2v) is 5.92. The highest BCUT2D eigenvalue weighted by molar-refractivity contribution is 7.92. The largest absolute Gasteiger partial charge is 0.320 e. The van der Waals surface area contributed by atoms with Crippen molar-refractivity contribution in [3.05, 3.63) is 47.1 Å². The molecule has 6 nitrogen and oxygen atoms in total. The summed E-state index contributed by atoms with van der Waals surface area (Å²) in [4.78, 5) is -0.0619. The third kappa shape index (κ3) is 3.92. The van der Waals surface area contributed by atoms with Crippen LogP contribution in [0.2, 0.25) is 5.02 Å². The summed E-state index contributed by atoms with van der Waals surface area (Å²) < 4.78 is 26.8. The Labute approximate surface area is 127 Å². The van der Waals surface area contributed by atoms with Gasteiger partial charge in [-0.2, -0.15) is 5.10 Å². The zero-order valence-corrected chi connectivity index (χ0v) is 12.3. The molecule has 0 aliphatic rings. The van der Waals surface area contributed by atoms with E-state index in [1.54, 1.807) is 12.1 Å². The highest BCUT2D eigenvalue weighted by atomic mass is 35.5. The fourth-order valence-corrected chi connectivity index (χ4v) is 3.04. The molecule has 21 heavy (non-hydrogen) atoms. The van der Waals surface area contributed by atoms with Gasteiger partial charge in [-0.05, 0) is 30.3 Å². The van der Waals surface area contributed by atoms with Gasteiger partial charge in [0.1, 0.15) is 4.90 Å². The van der Waals surface area contributed by atoms with Crippen LogP contribution in [0.5, 0.6) is 0 Å². The Balaban J connectivity index is 2.32. The fraction of sp³-hybridized carbons (Fsp3) is 0.0769. The molecule has 2 aromatic rings. The van der Waals surface area contributed by atoms with Gasteiger partial charge in [-0.3, -0.25) is 4.72 Å². The Morgan fingerprint density at radius 1 is 1.33 bits per heavy atom. The van der Waals surface area contributed by atoms with Crippen LogP contribution in [0.25, 0.3) is 0 Å². The molecule has 0 unspecified atom stereocenters. The average molecular weight is 323 g/mol. The Morgan fingerprint density at radius 3 is 2.76 bits per heavy atom. The summed E-state index contributed by atoms with van der Waals surface area (Å²) in [6.45, 7) is 0.214. The first kappa shape index (κ1) is 15.3. The van der Waals surface area contributed by atoms with Crippen molar-refractivity contribution in [1.82, 2.24) is 10.2 Å². The van der Waals surface area contributed by atoms with Crippen molar-refractivity contribution >= 4 is 27.4 Å². The van der Waals surface area contributed by atoms with Crippen LogP contribution >= 0.6 is 11.6 Å². The third-order valence-corrected chi connectivity index (χ3v) is 4.21. The summed E-state index contributed by atoms with van der Waals surface area (Å²) in [5.41, 5.74) is 5.86. The molecule has 3 N–H and O–H groups in total.